The molecule has 58 valence electrons. The van der Waals surface area contributed by atoms with Gasteiger partial charge in [0.05, 0.1) is 0 Å². The van der Waals surface area contributed by atoms with Crippen LogP contribution in [-0.2, 0) is 4.79 Å². The molecular formula is C8H14NO-. The van der Waals surface area contributed by atoms with Gasteiger partial charge in [-0.3, -0.25) is 4.79 Å². The van der Waals surface area contributed by atoms with E-state index < -0.39 is 0 Å². The van der Waals surface area contributed by atoms with Crippen molar-refractivity contribution in [2.45, 2.75) is 31.7 Å². The lowest BCUT2D eigenvalue weighted by molar-refractivity contribution is -0.119. The van der Waals surface area contributed by atoms with Crippen LogP contribution in [0.4, 0.5) is 0 Å². The predicted molar refractivity (Wildman–Crippen MR) is 40.3 cm³/mol. The lowest BCUT2D eigenvalue weighted by Crippen LogP contribution is -2.25. The second-order valence-corrected chi connectivity index (χ2v) is 3.07. The van der Waals surface area contributed by atoms with Gasteiger partial charge in [0, 0.05) is 12.5 Å². The summed E-state index contributed by atoms with van der Waals surface area (Å²) in [6.45, 7) is 0. The second kappa shape index (κ2) is 2.60. The highest BCUT2D eigenvalue weighted by atomic mass is 16.2. The second-order valence-electron chi connectivity index (χ2n) is 3.07. The van der Waals surface area contributed by atoms with E-state index in [4.69, 9.17) is 0 Å². The minimum Gasteiger partial charge on any atom is -0.358 e. The van der Waals surface area contributed by atoms with Gasteiger partial charge < -0.3 is 12.7 Å². The number of amides is 1. The molecular weight excluding hydrogens is 126 g/mol. The molecule has 0 aromatic rings. The highest BCUT2D eigenvalue weighted by Crippen LogP contribution is 2.32. The smallest absolute Gasteiger partial charge is 0.220 e. The molecule has 1 N–H and O–H groups in total. The van der Waals surface area contributed by atoms with E-state index in [1.54, 1.807) is 0 Å². The zero-order valence-corrected chi connectivity index (χ0v) is 6.39. The Morgan fingerprint density at radius 2 is 2.20 bits per heavy atom. The molecule has 0 aromatic carbocycles. The van der Waals surface area contributed by atoms with Crippen LogP contribution in [0.1, 0.15) is 25.7 Å². The minimum atomic E-state index is 0. The third kappa shape index (κ3) is 1.02. The Hall–Kier alpha value is -0.530. The lowest BCUT2D eigenvalue weighted by Gasteiger charge is -2.04. The molecule has 2 unspecified atom stereocenters. The maximum absolute atomic E-state index is 10.7. The Kier molecular flexibility index (Phi) is 1.97. The third-order valence-electron chi connectivity index (χ3n) is 2.45. The maximum Gasteiger partial charge on any atom is 0.220 e. The Morgan fingerprint density at radius 1 is 1.40 bits per heavy atom. The fraction of sp³-hybridized carbons (Fsp3) is 0.750. The van der Waals surface area contributed by atoms with Crippen molar-refractivity contribution in [3.63, 3.8) is 0 Å². The molecule has 1 saturated heterocycles. The van der Waals surface area contributed by atoms with Crippen molar-refractivity contribution in [1.82, 2.24) is 5.32 Å². The summed E-state index contributed by atoms with van der Waals surface area (Å²) in [7, 11) is 0. The van der Waals surface area contributed by atoms with Crippen molar-refractivity contribution in [2.24, 2.45) is 5.92 Å². The van der Waals surface area contributed by atoms with E-state index in [0.717, 1.165) is 6.42 Å². The van der Waals surface area contributed by atoms with Gasteiger partial charge in [-0.05, 0) is 18.8 Å². The summed E-state index contributed by atoms with van der Waals surface area (Å²) >= 11 is 0. The lowest BCUT2D eigenvalue weighted by atomic mass is 10.1. The monoisotopic (exact) mass is 140 g/mol. The Bertz CT molecular complexity index is 130. The molecule has 0 bridgehead atoms. The first-order valence-corrected chi connectivity index (χ1v) is 3.65. The fourth-order valence-corrected chi connectivity index (χ4v) is 1.98. The van der Waals surface area contributed by atoms with Gasteiger partial charge in [0.15, 0.2) is 0 Å². The number of hydrogen-bond acceptors (Lipinski definition) is 1. The number of carbonyl (C=O) groups excluding carboxylic acids is 1. The van der Waals surface area contributed by atoms with Gasteiger partial charge in [0.1, 0.15) is 0 Å². The van der Waals surface area contributed by atoms with Crippen molar-refractivity contribution >= 4 is 5.91 Å². The molecule has 10 heavy (non-hydrogen) atoms. The minimum absolute atomic E-state index is 0. The van der Waals surface area contributed by atoms with E-state index >= 15 is 0 Å². The van der Waals surface area contributed by atoms with E-state index in [9.17, 15) is 4.79 Å². The molecule has 2 rings (SSSR count). The van der Waals surface area contributed by atoms with E-state index in [2.05, 4.69) is 5.32 Å². The van der Waals surface area contributed by atoms with Crippen LogP contribution in [0.3, 0.4) is 0 Å². The van der Waals surface area contributed by atoms with Gasteiger partial charge in [0.2, 0.25) is 5.91 Å². The Morgan fingerprint density at radius 3 is 2.90 bits per heavy atom. The SMILES string of the molecule is O=C1CC2CCCC2N1.[CH3-]. The van der Waals surface area contributed by atoms with Crippen molar-refractivity contribution < 1.29 is 4.79 Å². The Balaban J connectivity index is 0.000000500. The zero-order valence-electron chi connectivity index (χ0n) is 6.39. The molecule has 1 aliphatic carbocycles. The van der Waals surface area contributed by atoms with Gasteiger partial charge in [-0.2, -0.15) is 0 Å². The number of nitrogens with one attached hydrogen (secondary N) is 1. The van der Waals surface area contributed by atoms with Crippen LogP contribution < -0.4 is 5.32 Å². The first-order chi connectivity index (χ1) is 4.36. The zero-order chi connectivity index (χ0) is 6.27. The average molecular weight is 140 g/mol. The van der Waals surface area contributed by atoms with Crippen LogP contribution in [0.2, 0.25) is 0 Å². The van der Waals surface area contributed by atoms with Crippen molar-refractivity contribution in [1.29, 1.82) is 0 Å². The van der Waals surface area contributed by atoms with E-state index in [1.165, 1.54) is 19.3 Å². The van der Waals surface area contributed by atoms with E-state index in [0.29, 0.717) is 12.0 Å². The summed E-state index contributed by atoms with van der Waals surface area (Å²) in [4.78, 5) is 10.7. The summed E-state index contributed by atoms with van der Waals surface area (Å²) in [6.07, 6.45) is 4.60. The third-order valence-corrected chi connectivity index (χ3v) is 2.45. The summed E-state index contributed by atoms with van der Waals surface area (Å²) in [5.74, 6) is 0.960. The van der Waals surface area contributed by atoms with Crippen LogP contribution >= 0.6 is 0 Å². The number of hydrogen-bond donors (Lipinski definition) is 1. The average Bonchev–Trinajstić information content (AvgIpc) is 2.22. The van der Waals surface area contributed by atoms with E-state index in [1.807, 2.05) is 0 Å². The molecule has 1 aliphatic heterocycles. The molecule has 2 aliphatic rings. The predicted octanol–water partition coefficient (Wildman–Crippen LogP) is 1.13. The normalized spacial score (nSPS) is 36.6. The molecule has 0 aromatic heterocycles. The summed E-state index contributed by atoms with van der Waals surface area (Å²) in [5.41, 5.74) is 0. The molecule has 0 spiro atoms. The highest BCUT2D eigenvalue weighted by Gasteiger charge is 2.35. The van der Waals surface area contributed by atoms with Gasteiger partial charge in [-0.15, -0.1) is 0 Å². The Labute approximate surface area is 62.0 Å². The maximum atomic E-state index is 10.7. The van der Waals surface area contributed by atoms with E-state index in [-0.39, 0.29) is 13.3 Å². The standard InChI is InChI=1S/C7H11NO.CH3/c9-7-4-5-2-1-3-6(5)8-7;/h5-6H,1-4H2,(H,8,9);1H3/q;-1. The molecule has 0 radical (unpaired) electrons. The highest BCUT2D eigenvalue weighted by molar-refractivity contribution is 5.79. The molecule has 2 atom stereocenters. The molecule has 1 amide bonds. The largest absolute Gasteiger partial charge is 0.358 e. The van der Waals surface area contributed by atoms with Crippen LogP contribution in [0, 0.1) is 13.3 Å². The fourth-order valence-electron chi connectivity index (χ4n) is 1.98. The summed E-state index contributed by atoms with van der Waals surface area (Å²) in [5, 5.41) is 2.98. The number of carbonyl (C=O) groups is 1. The first kappa shape index (κ1) is 7.58. The molecule has 2 heteroatoms. The number of rotatable bonds is 0. The van der Waals surface area contributed by atoms with Gasteiger partial charge in [-0.25, -0.2) is 0 Å². The summed E-state index contributed by atoms with van der Waals surface area (Å²) < 4.78 is 0. The first-order valence-electron chi connectivity index (χ1n) is 3.65. The molecule has 2 nitrogen and oxygen atoms in total. The van der Waals surface area contributed by atoms with Crippen molar-refractivity contribution in [3.05, 3.63) is 7.43 Å². The number of fused-ring (bicyclic) bond motifs is 1. The topological polar surface area (TPSA) is 29.1 Å². The van der Waals surface area contributed by atoms with Gasteiger partial charge in [0.25, 0.3) is 0 Å². The van der Waals surface area contributed by atoms with Gasteiger partial charge in [-0.1, -0.05) is 6.42 Å². The molecule has 2 fully saturated rings. The van der Waals surface area contributed by atoms with Crippen LogP contribution in [0.15, 0.2) is 0 Å². The van der Waals surface area contributed by atoms with Gasteiger partial charge >= 0.3 is 0 Å². The van der Waals surface area contributed by atoms with Crippen LogP contribution in [0.25, 0.3) is 0 Å². The van der Waals surface area contributed by atoms with Crippen LogP contribution in [-0.4, -0.2) is 11.9 Å². The molecule has 1 heterocycles. The van der Waals surface area contributed by atoms with Crippen molar-refractivity contribution in [3.8, 4) is 0 Å². The van der Waals surface area contributed by atoms with Crippen LogP contribution in [0.5, 0.6) is 0 Å². The quantitative estimate of drug-likeness (QED) is 0.502. The molecule has 1 saturated carbocycles. The summed E-state index contributed by atoms with van der Waals surface area (Å²) in [6, 6.07) is 0.553. The van der Waals surface area contributed by atoms with Crippen molar-refractivity contribution in [2.75, 3.05) is 0 Å².